The third-order valence-electron chi connectivity index (χ3n) is 2.12. The fraction of sp³-hybridized carbons (Fsp3) is 0.727. The minimum Gasteiger partial charge on any atom is -0.356 e. The summed E-state index contributed by atoms with van der Waals surface area (Å²) in [6, 6.07) is 0. The second-order valence-corrected chi connectivity index (χ2v) is 3.55. The second-order valence-electron chi connectivity index (χ2n) is 3.55. The minimum atomic E-state index is 0.121. The number of nitrogens with one attached hydrogen (secondary N) is 1. The van der Waals surface area contributed by atoms with Crippen LogP contribution in [0.3, 0.4) is 0 Å². The summed E-state index contributed by atoms with van der Waals surface area (Å²) in [4.78, 5) is 11.5. The molecule has 0 bridgehead atoms. The molecule has 0 radical (unpaired) electrons. The highest BCUT2D eigenvalue weighted by molar-refractivity contribution is 5.78. The van der Waals surface area contributed by atoms with Crippen molar-refractivity contribution in [3.63, 3.8) is 0 Å². The quantitative estimate of drug-likeness (QED) is 0.651. The molecule has 1 atom stereocenters. The molecule has 0 aliphatic heterocycles. The normalized spacial score (nSPS) is 13.6. The Morgan fingerprint density at radius 3 is 2.46 bits per heavy atom. The second kappa shape index (κ2) is 6.70. The van der Waals surface area contributed by atoms with Crippen LogP contribution in [-0.4, -0.2) is 12.5 Å². The fourth-order valence-electron chi connectivity index (χ4n) is 1.27. The van der Waals surface area contributed by atoms with E-state index in [-0.39, 0.29) is 11.8 Å². The lowest BCUT2D eigenvalue weighted by molar-refractivity contribution is -0.126. The monoisotopic (exact) mass is 183 g/mol. The van der Waals surface area contributed by atoms with Crippen LogP contribution in [0.1, 0.15) is 34.1 Å². The van der Waals surface area contributed by atoms with Crippen molar-refractivity contribution in [1.82, 2.24) is 5.32 Å². The first-order valence-electron chi connectivity index (χ1n) is 5.02. The molecule has 0 spiro atoms. The number of rotatable bonds is 5. The van der Waals surface area contributed by atoms with Crippen LogP contribution in [0, 0.1) is 11.8 Å². The number of carbonyl (C=O) groups excluding carboxylic acids is 1. The van der Waals surface area contributed by atoms with E-state index in [1.54, 1.807) is 0 Å². The zero-order valence-corrected chi connectivity index (χ0v) is 9.13. The number of amides is 1. The summed E-state index contributed by atoms with van der Waals surface area (Å²) in [7, 11) is 0. The van der Waals surface area contributed by atoms with Crippen molar-refractivity contribution < 1.29 is 4.79 Å². The molecule has 13 heavy (non-hydrogen) atoms. The van der Waals surface area contributed by atoms with Crippen molar-refractivity contribution in [3.05, 3.63) is 12.2 Å². The molecule has 0 rings (SSSR count). The average molecular weight is 183 g/mol. The van der Waals surface area contributed by atoms with E-state index in [1.807, 2.05) is 19.9 Å². The van der Waals surface area contributed by atoms with E-state index in [1.165, 1.54) is 0 Å². The number of allylic oxidation sites excluding steroid dienone is 2. The van der Waals surface area contributed by atoms with Gasteiger partial charge in [0, 0.05) is 12.5 Å². The highest BCUT2D eigenvalue weighted by Crippen LogP contribution is 2.15. The number of hydrogen-bond acceptors (Lipinski definition) is 1. The largest absolute Gasteiger partial charge is 0.356 e. The van der Waals surface area contributed by atoms with Crippen LogP contribution >= 0.6 is 0 Å². The Balaban J connectivity index is 4.15. The van der Waals surface area contributed by atoms with Gasteiger partial charge in [-0.25, -0.2) is 0 Å². The van der Waals surface area contributed by atoms with Crippen molar-refractivity contribution in [2.45, 2.75) is 34.1 Å². The molecule has 0 aromatic heterocycles. The van der Waals surface area contributed by atoms with Crippen LogP contribution in [0.4, 0.5) is 0 Å². The van der Waals surface area contributed by atoms with Gasteiger partial charge >= 0.3 is 0 Å². The lowest BCUT2D eigenvalue weighted by Crippen LogP contribution is -2.33. The van der Waals surface area contributed by atoms with Crippen LogP contribution in [0.15, 0.2) is 12.2 Å². The molecular weight excluding hydrogens is 162 g/mol. The van der Waals surface area contributed by atoms with E-state index < -0.39 is 0 Å². The summed E-state index contributed by atoms with van der Waals surface area (Å²) in [6.07, 6.45) is 4.90. The van der Waals surface area contributed by atoms with Gasteiger partial charge in [-0.3, -0.25) is 4.79 Å². The van der Waals surface area contributed by atoms with Gasteiger partial charge in [-0.1, -0.05) is 26.0 Å². The van der Waals surface area contributed by atoms with Gasteiger partial charge in [0.25, 0.3) is 0 Å². The number of carbonyl (C=O) groups is 1. The molecule has 0 aromatic carbocycles. The molecule has 0 fully saturated rings. The Morgan fingerprint density at radius 2 is 2.08 bits per heavy atom. The van der Waals surface area contributed by atoms with Crippen molar-refractivity contribution in [1.29, 1.82) is 0 Å². The maximum Gasteiger partial charge on any atom is 0.223 e. The zero-order valence-electron chi connectivity index (χ0n) is 9.13. The first-order chi connectivity index (χ1) is 6.13. The number of hydrogen-bond donors (Lipinski definition) is 1. The van der Waals surface area contributed by atoms with Gasteiger partial charge < -0.3 is 5.32 Å². The van der Waals surface area contributed by atoms with Crippen LogP contribution in [0.2, 0.25) is 0 Å². The van der Waals surface area contributed by atoms with Gasteiger partial charge in [0.1, 0.15) is 0 Å². The van der Waals surface area contributed by atoms with E-state index in [2.05, 4.69) is 25.2 Å². The van der Waals surface area contributed by atoms with Crippen molar-refractivity contribution in [2.24, 2.45) is 11.8 Å². The summed E-state index contributed by atoms with van der Waals surface area (Å²) in [5.41, 5.74) is 0. The topological polar surface area (TPSA) is 29.1 Å². The molecule has 2 nitrogen and oxygen atoms in total. The first-order valence-corrected chi connectivity index (χ1v) is 5.02. The Hall–Kier alpha value is -0.790. The standard InChI is InChI=1S/C11H21NO/c1-5-7-8-10(9(3)4)11(13)12-6-2/h5,7,9-10H,6,8H2,1-4H3,(H,12,13)/b7-5+. The molecule has 0 aliphatic carbocycles. The van der Waals surface area contributed by atoms with Gasteiger partial charge in [-0.2, -0.15) is 0 Å². The van der Waals surface area contributed by atoms with E-state index >= 15 is 0 Å². The van der Waals surface area contributed by atoms with E-state index in [4.69, 9.17) is 0 Å². The maximum atomic E-state index is 11.5. The molecular formula is C11H21NO. The van der Waals surface area contributed by atoms with E-state index in [9.17, 15) is 4.79 Å². The molecule has 0 saturated carbocycles. The van der Waals surface area contributed by atoms with Gasteiger partial charge in [0.2, 0.25) is 5.91 Å². The Bertz CT molecular complexity index is 173. The summed E-state index contributed by atoms with van der Waals surface area (Å²) in [6.45, 7) is 8.82. The van der Waals surface area contributed by atoms with Crippen LogP contribution < -0.4 is 5.32 Å². The Morgan fingerprint density at radius 1 is 1.46 bits per heavy atom. The SMILES string of the molecule is C/C=C/CC(C(=O)NCC)C(C)C. The van der Waals surface area contributed by atoms with Crippen molar-refractivity contribution >= 4 is 5.91 Å². The molecule has 0 saturated heterocycles. The van der Waals surface area contributed by atoms with Gasteiger partial charge in [0.05, 0.1) is 0 Å². The Kier molecular flexibility index (Phi) is 6.29. The molecule has 1 amide bonds. The lowest BCUT2D eigenvalue weighted by atomic mass is 9.91. The highest BCUT2D eigenvalue weighted by atomic mass is 16.1. The molecule has 2 heteroatoms. The molecule has 0 heterocycles. The third kappa shape index (κ3) is 4.71. The zero-order chi connectivity index (χ0) is 10.3. The predicted molar refractivity (Wildman–Crippen MR) is 56.4 cm³/mol. The predicted octanol–water partition coefficient (Wildman–Crippen LogP) is 2.36. The lowest BCUT2D eigenvalue weighted by Gasteiger charge is -2.17. The van der Waals surface area contributed by atoms with Crippen LogP contribution in [0.25, 0.3) is 0 Å². The molecule has 1 N–H and O–H groups in total. The smallest absolute Gasteiger partial charge is 0.223 e. The first kappa shape index (κ1) is 12.2. The Labute approximate surface area is 81.4 Å². The van der Waals surface area contributed by atoms with Crippen molar-refractivity contribution in [2.75, 3.05) is 6.54 Å². The fourth-order valence-corrected chi connectivity index (χ4v) is 1.27. The van der Waals surface area contributed by atoms with Gasteiger partial charge in [-0.05, 0) is 26.2 Å². The minimum absolute atomic E-state index is 0.121. The van der Waals surface area contributed by atoms with Crippen LogP contribution in [-0.2, 0) is 4.79 Å². The summed E-state index contributed by atoms with van der Waals surface area (Å²) >= 11 is 0. The molecule has 0 aliphatic rings. The van der Waals surface area contributed by atoms with E-state index in [0.717, 1.165) is 13.0 Å². The van der Waals surface area contributed by atoms with Gasteiger partial charge in [-0.15, -0.1) is 0 Å². The highest BCUT2D eigenvalue weighted by Gasteiger charge is 2.19. The summed E-state index contributed by atoms with van der Waals surface area (Å²) in [5.74, 6) is 0.703. The average Bonchev–Trinajstić information content (AvgIpc) is 2.05. The third-order valence-corrected chi connectivity index (χ3v) is 2.12. The molecule has 1 unspecified atom stereocenters. The maximum absolute atomic E-state index is 11.5. The van der Waals surface area contributed by atoms with Gasteiger partial charge in [0.15, 0.2) is 0 Å². The molecule has 0 aromatic rings. The summed E-state index contributed by atoms with van der Waals surface area (Å²) in [5, 5.41) is 2.86. The van der Waals surface area contributed by atoms with Crippen molar-refractivity contribution in [3.8, 4) is 0 Å². The summed E-state index contributed by atoms with van der Waals surface area (Å²) < 4.78 is 0. The van der Waals surface area contributed by atoms with Crippen LogP contribution in [0.5, 0.6) is 0 Å². The molecule has 76 valence electrons. The van der Waals surface area contributed by atoms with E-state index in [0.29, 0.717) is 5.92 Å².